The van der Waals surface area contributed by atoms with Crippen molar-refractivity contribution in [1.29, 1.82) is 0 Å². The highest BCUT2D eigenvalue weighted by Crippen LogP contribution is 2.26. The van der Waals surface area contributed by atoms with Crippen LogP contribution in [0, 0.1) is 19.8 Å². The van der Waals surface area contributed by atoms with Gasteiger partial charge in [-0.1, -0.05) is 29.8 Å². The Hall–Kier alpha value is -2.87. The highest BCUT2D eigenvalue weighted by Gasteiger charge is 2.32. The van der Waals surface area contributed by atoms with E-state index >= 15 is 0 Å². The number of esters is 1. The summed E-state index contributed by atoms with van der Waals surface area (Å²) in [6, 6.07) is 13.7. The minimum Gasteiger partial charge on any atom is -0.466 e. The predicted molar refractivity (Wildman–Crippen MR) is 123 cm³/mol. The van der Waals surface area contributed by atoms with Crippen LogP contribution in [-0.2, 0) is 24.3 Å². The molecule has 0 unspecified atom stereocenters. The molecule has 0 aromatic heterocycles. The van der Waals surface area contributed by atoms with Gasteiger partial charge in [-0.3, -0.25) is 13.9 Å². The van der Waals surface area contributed by atoms with E-state index in [0.717, 1.165) is 11.1 Å². The van der Waals surface area contributed by atoms with Gasteiger partial charge >= 0.3 is 5.97 Å². The molecular formula is C24H30N2O5S. The molecular weight excluding hydrogens is 428 g/mol. The van der Waals surface area contributed by atoms with Gasteiger partial charge in [0.2, 0.25) is 5.91 Å². The van der Waals surface area contributed by atoms with Gasteiger partial charge < -0.3 is 9.64 Å². The highest BCUT2D eigenvalue weighted by molar-refractivity contribution is 7.92. The summed E-state index contributed by atoms with van der Waals surface area (Å²) in [5.74, 6) is -0.740. The normalized spacial score (nSPS) is 14.8. The molecule has 7 nitrogen and oxygen atoms in total. The van der Waals surface area contributed by atoms with Crippen molar-refractivity contribution in [2.24, 2.45) is 5.92 Å². The molecule has 0 radical (unpaired) electrons. The van der Waals surface area contributed by atoms with Crippen LogP contribution in [-0.4, -0.2) is 51.4 Å². The van der Waals surface area contributed by atoms with Crippen LogP contribution in [0.25, 0.3) is 0 Å². The number of ether oxygens (including phenoxy) is 1. The lowest BCUT2D eigenvalue weighted by Crippen LogP contribution is -2.46. The average Bonchev–Trinajstić information content (AvgIpc) is 2.77. The van der Waals surface area contributed by atoms with Crippen molar-refractivity contribution in [2.45, 2.75) is 38.5 Å². The Bertz CT molecular complexity index is 1060. The number of benzene rings is 2. The summed E-state index contributed by atoms with van der Waals surface area (Å²) in [5, 5.41) is 0. The van der Waals surface area contributed by atoms with Crippen LogP contribution < -0.4 is 4.31 Å². The smallest absolute Gasteiger partial charge is 0.309 e. The lowest BCUT2D eigenvalue weighted by molar-refractivity contribution is -0.151. The van der Waals surface area contributed by atoms with Crippen molar-refractivity contribution < 1.29 is 22.7 Å². The van der Waals surface area contributed by atoms with E-state index in [1.54, 1.807) is 54.3 Å². The lowest BCUT2D eigenvalue weighted by atomic mass is 9.97. The second-order valence-electron chi connectivity index (χ2n) is 8.07. The number of piperidine rings is 1. The molecule has 0 spiro atoms. The molecule has 172 valence electrons. The van der Waals surface area contributed by atoms with Crippen molar-refractivity contribution in [3.05, 3.63) is 59.7 Å². The number of carbonyl (C=O) groups is 2. The Balaban J connectivity index is 1.82. The Morgan fingerprint density at radius 1 is 1.03 bits per heavy atom. The van der Waals surface area contributed by atoms with E-state index < -0.39 is 10.0 Å². The van der Waals surface area contributed by atoms with Gasteiger partial charge in [-0.2, -0.15) is 0 Å². The number of hydrogen-bond acceptors (Lipinski definition) is 5. The van der Waals surface area contributed by atoms with Crippen LogP contribution in [0.2, 0.25) is 0 Å². The van der Waals surface area contributed by atoms with E-state index in [2.05, 4.69) is 0 Å². The van der Waals surface area contributed by atoms with E-state index in [-0.39, 0.29) is 29.2 Å². The Labute approximate surface area is 190 Å². The Kier molecular flexibility index (Phi) is 7.56. The largest absolute Gasteiger partial charge is 0.466 e. The van der Waals surface area contributed by atoms with E-state index in [1.165, 1.54) is 4.31 Å². The SMILES string of the molecule is CCOC(=O)C1CCN(C(=O)CN(c2cccc(C)c2)S(=O)(=O)c2ccc(C)cc2)CC1. The molecule has 0 bridgehead atoms. The molecule has 1 heterocycles. The molecule has 1 amide bonds. The number of sulfonamides is 1. The van der Waals surface area contributed by atoms with Gasteiger partial charge in [-0.25, -0.2) is 8.42 Å². The van der Waals surface area contributed by atoms with E-state index in [4.69, 9.17) is 4.74 Å². The maximum atomic E-state index is 13.5. The van der Waals surface area contributed by atoms with Gasteiger partial charge in [0.15, 0.2) is 0 Å². The number of anilines is 1. The molecule has 2 aromatic rings. The molecule has 1 fully saturated rings. The number of likely N-dealkylation sites (tertiary alicyclic amines) is 1. The summed E-state index contributed by atoms with van der Waals surface area (Å²) in [4.78, 5) is 26.8. The van der Waals surface area contributed by atoms with Crippen LogP contribution in [0.1, 0.15) is 30.9 Å². The van der Waals surface area contributed by atoms with Crippen LogP contribution in [0.5, 0.6) is 0 Å². The van der Waals surface area contributed by atoms with Gasteiger partial charge in [0, 0.05) is 13.1 Å². The first kappa shape index (κ1) is 23.8. The van der Waals surface area contributed by atoms with Gasteiger partial charge in [0.1, 0.15) is 6.54 Å². The van der Waals surface area contributed by atoms with Gasteiger partial charge in [-0.05, 0) is 63.4 Å². The monoisotopic (exact) mass is 458 g/mol. The van der Waals surface area contributed by atoms with E-state index in [1.807, 2.05) is 19.9 Å². The van der Waals surface area contributed by atoms with E-state index in [0.29, 0.717) is 38.2 Å². The number of hydrogen-bond donors (Lipinski definition) is 0. The predicted octanol–water partition coefficient (Wildman–Crippen LogP) is 3.30. The lowest BCUT2D eigenvalue weighted by Gasteiger charge is -2.33. The molecule has 3 rings (SSSR count). The first-order valence-corrected chi connectivity index (χ1v) is 12.3. The van der Waals surface area contributed by atoms with Crippen LogP contribution in [0.15, 0.2) is 53.4 Å². The summed E-state index contributed by atoms with van der Waals surface area (Å²) >= 11 is 0. The van der Waals surface area contributed by atoms with Crippen molar-refractivity contribution in [3.8, 4) is 0 Å². The van der Waals surface area contributed by atoms with Crippen molar-refractivity contribution in [2.75, 3.05) is 30.5 Å². The number of amides is 1. The van der Waals surface area contributed by atoms with Crippen molar-refractivity contribution in [3.63, 3.8) is 0 Å². The van der Waals surface area contributed by atoms with Crippen molar-refractivity contribution >= 4 is 27.6 Å². The summed E-state index contributed by atoms with van der Waals surface area (Å²) in [5.41, 5.74) is 2.29. The van der Waals surface area contributed by atoms with Crippen molar-refractivity contribution in [1.82, 2.24) is 4.90 Å². The Morgan fingerprint density at radius 3 is 2.28 bits per heavy atom. The summed E-state index contributed by atoms with van der Waals surface area (Å²) in [7, 11) is -3.94. The number of carbonyl (C=O) groups excluding carboxylic acids is 2. The third kappa shape index (κ3) is 5.48. The first-order valence-electron chi connectivity index (χ1n) is 10.8. The molecule has 0 atom stereocenters. The molecule has 1 aliphatic heterocycles. The summed E-state index contributed by atoms with van der Waals surface area (Å²) < 4.78 is 33.2. The number of nitrogens with zero attached hydrogens (tertiary/aromatic N) is 2. The fraction of sp³-hybridized carbons (Fsp3) is 0.417. The Morgan fingerprint density at radius 2 is 1.69 bits per heavy atom. The second-order valence-corrected chi connectivity index (χ2v) is 9.93. The quantitative estimate of drug-likeness (QED) is 0.595. The minimum absolute atomic E-state index is 0.137. The zero-order valence-corrected chi connectivity index (χ0v) is 19.6. The fourth-order valence-electron chi connectivity index (χ4n) is 3.78. The first-order chi connectivity index (χ1) is 15.2. The molecule has 0 N–H and O–H groups in total. The molecule has 2 aromatic carbocycles. The molecule has 1 aliphatic rings. The third-order valence-corrected chi connectivity index (χ3v) is 7.43. The molecule has 1 saturated heterocycles. The molecule has 0 saturated carbocycles. The number of rotatable bonds is 7. The van der Waals surface area contributed by atoms with Crippen LogP contribution in [0.3, 0.4) is 0 Å². The summed E-state index contributed by atoms with van der Waals surface area (Å²) in [6.07, 6.45) is 1.03. The zero-order chi connectivity index (χ0) is 23.3. The third-order valence-electron chi connectivity index (χ3n) is 5.65. The average molecular weight is 459 g/mol. The maximum Gasteiger partial charge on any atom is 0.309 e. The van der Waals surface area contributed by atoms with Crippen LogP contribution >= 0.6 is 0 Å². The molecule has 32 heavy (non-hydrogen) atoms. The highest BCUT2D eigenvalue weighted by atomic mass is 32.2. The van der Waals surface area contributed by atoms with E-state index in [9.17, 15) is 18.0 Å². The van der Waals surface area contributed by atoms with Gasteiger partial charge in [0.05, 0.1) is 23.1 Å². The van der Waals surface area contributed by atoms with Crippen LogP contribution in [0.4, 0.5) is 5.69 Å². The minimum atomic E-state index is -3.94. The second kappa shape index (κ2) is 10.2. The topological polar surface area (TPSA) is 84.0 Å². The number of aryl methyl sites for hydroxylation is 2. The standard InChI is InChI=1S/C24H30N2O5S/c1-4-31-24(28)20-12-14-25(15-13-20)23(27)17-26(21-7-5-6-19(3)16-21)32(29,30)22-10-8-18(2)9-11-22/h5-11,16,20H,4,12-15,17H2,1-3H3. The molecule has 8 heteroatoms. The van der Waals surface area contributed by atoms with Gasteiger partial charge in [0.25, 0.3) is 10.0 Å². The fourth-order valence-corrected chi connectivity index (χ4v) is 5.19. The van der Waals surface area contributed by atoms with Gasteiger partial charge in [-0.15, -0.1) is 0 Å². The molecule has 0 aliphatic carbocycles. The summed E-state index contributed by atoms with van der Waals surface area (Å²) in [6.45, 7) is 6.36. The maximum absolute atomic E-state index is 13.5. The zero-order valence-electron chi connectivity index (χ0n) is 18.8.